The lowest BCUT2D eigenvalue weighted by molar-refractivity contribution is -0.167. The SMILES string of the molecule is CN(C)c1ccnc(-c2ccc(CC(NC(=O)c3c(F)cc(N4CCOCC4C(F)(F)F)cc3F)C(=O)O)c3cccnc23)c1C(F)(F)F. The van der Waals surface area contributed by atoms with Gasteiger partial charge in [-0.3, -0.25) is 14.8 Å². The van der Waals surface area contributed by atoms with E-state index >= 15 is 8.78 Å². The molecule has 1 aliphatic heterocycles. The lowest BCUT2D eigenvalue weighted by atomic mass is 9.94. The van der Waals surface area contributed by atoms with E-state index in [-0.39, 0.29) is 40.9 Å². The number of nitrogens with zero attached hydrogens (tertiary/aromatic N) is 4. The first kappa shape index (κ1) is 35.3. The summed E-state index contributed by atoms with van der Waals surface area (Å²) in [7, 11) is 2.88. The number of anilines is 2. The molecular formula is C32H27F8N5O4. The van der Waals surface area contributed by atoms with Gasteiger partial charge in [-0.15, -0.1) is 0 Å². The predicted octanol–water partition coefficient (Wildman–Crippen LogP) is 5.85. The second-order valence-corrected chi connectivity index (χ2v) is 11.3. The molecule has 260 valence electrons. The molecule has 1 amide bonds. The fraction of sp³-hybridized carbons (Fsp3) is 0.312. The summed E-state index contributed by atoms with van der Waals surface area (Å²) in [5.41, 5.74) is -3.08. The van der Waals surface area contributed by atoms with Crippen LogP contribution in [0.3, 0.4) is 0 Å². The Morgan fingerprint density at radius 1 is 1.04 bits per heavy atom. The normalized spacial score (nSPS) is 16.0. The quantitative estimate of drug-likeness (QED) is 0.221. The fourth-order valence-electron chi connectivity index (χ4n) is 5.69. The van der Waals surface area contributed by atoms with Gasteiger partial charge >= 0.3 is 18.3 Å². The number of amides is 1. The maximum atomic E-state index is 15.1. The summed E-state index contributed by atoms with van der Waals surface area (Å²) in [6.45, 7) is -1.26. The topological polar surface area (TPSA) is 108 Å². The van der Waals surface area contributed by atoms with Crippen molar-refractivity contribution in [2.24, 2.45) is 0 Å². The Labute approximate surface area is 273 Å². The minimum Gasteiger partial charge on any atom is -0.480 e. The standard InChI is InChI=1S/C32H27F8N5O4/c1-44(2)23-7-9-42-28(26(23)32(38,39)40)19-6-5-16(18-4-3-8-41-27(18)19)12-22(30(47)48)43-29(46)25-20(33)13-17(14-21(25)34)45-10-11-49-15-24(45)31(35,36)37/h3-9,13-14,22,24H,10-12,15H2,1-2H3,(H,43,46)(H,47,48). The molecule has 0 aliphatic carbocycles. The Morgan fingerprint density at radius 3 is 2.35 bits per heavy atom. The predicted molar refractivity (Wildman–Crippen MR) is 161 cm³/mol. The summed E-state index contributed by atoms with van der Waals surface area (Å²) < 4.78 is 119. The average molecular weight is 698 g/mol. The van der Waals surface area contributed by atoms with Crippen molar-refractivity contribution in [1.29, 1.82) is 0 Å². The van der Waals surface area contributed by atoms with E-state index in [9.17, 15) is 41.0 Å². The van der Waals surface area contributed by atoms with Crippen LogP contribution in [0.25, 0.3) is 22.2 Å². The highest BCUT2D eigenvalue weighted by molar-refractivity contribution is 5.99. The van der Waals surface area contributed by atoms with E-state index in [1.54, 1.807) is 0 Å². The van der Waals surface area contributed by atoms with Gasteiger partial charge in [0.2, 0.25) is 0 Å². The van der Waals surface area contributed by atoms with Crippen molar-refractivity contribution < 1.29 is 54.6 Å². The number of aromatic nitrogens is 2. The van der Waals surface area contributed by atoms with Gasteiger partial charge in [-0.25, -0.2) is 13.6 Å². The van der Waals surface area contributed by atoms with Crippen molar-refractivity contribution in [3.63, 3.8) is 0 Å². The van der Waals surface area contributed by atoms with E-state index in [1.165, 1.54) is 61.7 Å². The summed E-state index contributed by atoms with van der Waals surface area (Å²) >= 11 is 0. The first-order valence-corrected chi connectivity index (χ1v) is 14.5. The molecule has 2 aromatic heterocycles. The van der Waals surface area contributed by atoms with Gasteiger partial charge in [0.25, 0.3) is 5.91 Å². The van der Waals surface area contributed by atoms with Crippen LogP contribution in [-0.2, 0) is 22.1 Å². The number of carbonyl (C=O) groups is 2. The number of morpholine rings is 1. The summed E-state index contributed by atoms with van der Waals surface area (Å²) in [6.07, 6.45) is -7.57. The Kier molecular flexibility index (Phi) is 9.68. The van der Waals surface area contributed by atoms with Crippen LogP contribution in [0.15, 0.2) is 54.9 Å². The van der Waals surface area contributed by atoms with Crippen molar-refractivity contribution in [2.45, 2.75) is 30.9 Å². The summed E-state index contributed by atoms with van der Waals surface area (Å²) in [5.74, 6) is -6.18. The average Bonchev–Trinajstić information content (AvgIpc) is 3.03. The Bertz CT molecular complexity index is 1880. The van der Waals surface area contributed by atoms with Gasteiger partial charge in [-0.05, 0) is 29.8 Å². The molecule has 5 rings (SSSR count). The van der Waals surface area contributed by atoms with Crippen molar-refractivity contribution >= 4 is 34.2 Å². The number of fused-ring (bicyclic) bond motifs is 1. The van der Waals surface area contributed by atoms with Gasteiger partial charge < -0.3 is 25.0 Å². The van der Waals surface area contributed by atoms with E-state index in [0.29, 0.717) is 17.0 Å². The molecule has 2 atom stereocenters. The molecule has 2 aromatic carbocycles. The van der Waals surface area contributed by atoms with Crippen molar-refractivity contribution in [3.8, 4) is 11.3 Å². The monoisotopic (exact) mass is 697 g/mol. The molecule has 0 radical (unpaired) electrons. The molecule has 1 fully saturated rings. The third-order valence-electron chi connectivity index (χ3n) is 7.93. The van der Waals surface area contributed by atoms with Crippen LogP contribution in [0.1, 0.15) is 21.5 Å². The molecular weight excluding hydrogens is 670 g/mol. The van der Waals surface area contributed by atoms with E-state index in [1.807, 2.05) is 5.32 Å². The second kappa shape index (κ2) is 13.4. The zero-order valence-electron chi connectivity index (χ0n) is 25.7. The minimum absolute atomic E-state index is 0.0106. The first-order chi connectivity index (χ1) is 23.0. The molecule has 2 N–H and O–H groups in total. The number of pyridine rings is 2. The van der Waals surface area contributed by atoms with Gasteiger partial charge in [0.15, 0.2) is 0 Å². The third-order valence-corrected chi connectivity index (χ3v) is 7.93. The van der Waals surface area contributed by atoms with Crippen molar-refractivity contribution in [3.05, 3.63) is 83.2 Å². The van der Waals surface area contributed by atoms with Crippen LogP contribution >= 0.6 is 0 Å². The zero-order chi connectivity index (χ0) is 35.8. The lowest BCUT2D eigenvalue weighted by Gasteiger charge is -2.38. The minimum atomic E-state index is -4.81. The van der Waals surface area contributed by atoms with Crippen molar-refractivity contribution in [1.82, 2.24) is 15.3 Å². The maximum absolute atomic E-state index is 15.1. The summed E-state index contributed by atoms with van der Waals surface area (Å²) in [4.78, 5) is 35.5. The number of carboxylic acids is 1. The second-order valence-electron chi connectivity index (χ2n) is 11.3. The molecule has 0 saturated carbocycles. The van der Waals surface area contributed by atoms with E-state index in [0.717, 1.165) is 0 Å². The molecule has 1 aliphatic rings. The fourth-order valence-corrected chi connectivity index (χ4v) is 5.69. The Morgan fingerprint density at radius 2 is 1.73 bits per heavy atom. The third kappa shape index (κ3) is 7.21. The summed E-state index contributed by atoms with van der Waals surface area (Å²) in [5, 5.41) is 12.2. The van der Waals surface area contributed by atoms with Crippen LogP contribution in [0.2, 0.25) is 0 Å². The van der Waals surface area contributed by atoms with Crippen LogP contribution in [-0.4, -0.2) is 79.1 Å². The molecule has 2 unspecified atom stereocenters. The van der Waals surface area contributed by atoms with E-state index in [4.69, 9.17) is 4.74 Å². The molecule has 3 heterocycles. The number of halogens is 8. The van der Waals surface area contributed by atoms with Crippen LogP contribution in [0.4, 0.5) is 46.5 Å². The van der Waals surface area contributed by atoms with Gasteiger partial charge in [-0.1, -0.05) is 18.2 Å². The van der Waals surface area contributed by atoms with Gasteiger partial charge in [-0.2, -0.15) is 26.3 Å². The molecule has 0 bridgehead atoms. The van der Waals surface area contributed by atoms with E-state index in [2.05, 4.69) is 9.97 Å². The number of carboxylic acid groups (broad SMARTS) is 1. The first-order valence-electron chi connectivity index (χ1n) is 14.5. The number of aliphatic carboxylic acids is 1. The van der Waals surface area contributed by atoms with Crippen molar-refractivity contribution in [2.75, 3.05) is 43.7 Å². The van der Waals surface area contributed by atoms with Gasteiger partial charge in [0.1, 0.15) is 34.8 Å². The number of nitrogens with one attached hydrogen (secondary N) is 1. The summed E-state index contributed by atoms with van der Waals surface area (Å²) in [6, 6.07) is 3.84. The van der Waals surface area contributed by atoms with Gasteiger partial charge in [0.05, 0.1) is 30.1 Å². The molecule has 49 heavy (non-hydrogen) atoms. The van der Waals surface area contributed by atoms with Crippen LogP contribution < -0.4 is 15.1 Å². The maximum Gasteiger partial charge on any atom is 0.420 e. The van der Waals surface area contributed by atoms with Crippen LogP contribution in [0.5, 0.6) is 0 Å². The van der Waals surface area contributed by atoms with E-state index < -0.39 is 83.5 Å². The van der Waals surface area contributed by atoms with Crippen LogP contribution in [0, 0.1) is 11.6 Å². The molecule has 0 spiro atoms. The Balaban J connectivity index is 1.47. The smallest absolute Gasteiger partial charge is 0.420 e. The molecule has 1 saturated heterocycles. The number of alkyl halides is 6. The number of benzene rings is 2. The molecule has 4 aromatic rings. The van der Waals surface area contributed by atoms with Gasteiger partial charge in [0, 0.05) is 56.1 Å². The number of hydrogen-bond acceptors (Lipinski definition) is 7. The largest absolute Gasteiger partial charge is 0.480 e. The molecule has 17 heteroatoms. The molecule has 9 nitrogen and oxygen atoms in total. The lowest BCUT2D eigenvalue weighted by Crippen LogP contribution is -2.53. The number of hydrogen-bond donors (Lipinski definition) is 2. The number of carbonyl (C=O) groups excluding carboxylic acids is 1. The Hall–Kier alpha value is -5.06. The number of ether oxygens (including phenoxy) is 1. The number of rotatable bonds is 8. The highest BCUT2D eigenvalue weighted by Crippen LogP contribution is 2.43. The highest BCUT2D eigenvalue weighted by Gasteiger charge is 2.46. The highest BCUT2D eigenvalue weighted by atomic mass is 19.4. The zero-order valence-corrected chi connectivity index (χ0v) is 25.7.